The molecule has 0 bridgehead atoms. The van der Waals surface area contributed by atoms with Gasteiger partial charge in [0.2, 0.25) is 0 Å². The predicted octanol–water partition coefficient (Wildman–Crippen LogP) is 0.0732. The summed E-state index contributed by atoms with van der Waals surface area (Å²) >= 11 is 0. The summed E-state index contributed by atoms with van der Waals surface area (Å²) in [5.74, 6) is -0.149. The second-order valence-electron chi connectivity index (χ2n) is 3.15. The van der Waals surface area contributed by atoms with Crippen LogP contribution in [0.25, 0.3) is 0 Å². The topological polar surface area (TPSA) is 75.6 Å². The number of carbonyl (C=O) groups is 1. The molecule has 2 heterocycles. The molecule has 0 aliphatic rings. The number of carbonyl (C=O) groups excluding carboxylic acids is 1. The Balaban J connectivity index is 1.96. The van der Waals surface area contributed by atoms with E-state index in [0.717, 1.165) is 5.69 Å². The van der Waals surface area contributed by atoms with E-state index in [1.807, 2.05) is 0 Å². The van der Waals surface area contributed by atoms with Gasteiger partial charge in [0, 0.05) is 13.2 Å². The molecule has 15 heavy (non-hydrogen) atoms. The first kappa shape index (κ1) is 9.45. The maximum Gasteiger partial charge on any atom is 0.269 e. The zero-order valence-corrected chi connectivity index (χ0v) is 8.27. The smallest absolute Gasteiger partial charge is 0.269 e. The van der Waals surface area contributed by atoms with Crippen molar-refractivity contribution in [3.63, 3.8) is 0 Å². The number of aromatic nitrogens is 4. The van der Waals surface area contributed by atoms with Crippen molar-refractivity contribution in [3.8, 4) is 0 Å². The zero-order valence-electron chi connectivity index (χ0n) is 8.27. The molecule has 0 atom stereocenters. The van der Waals surface area contributed by atoms with Crippen molar-refractivity contribution in [1.82, 2.24) is 24.8 Å². The van der Waals surface area contributed by atoms with Gasteiger partial charge in [0.15, 0.2) is 0 Å². The van der Waals surface area contributed by atoms with E-state index in [2.05, 4.69) is 20.3 Å². The van der Waals surface area contributed by atoms with Crippen LogP contribution in [0.1, 0.15) is 16.2 Å². The molecule has 0 radical (unpaired) electrons. The Morgan fingerprint density at radius 3 is 3.00 bits per heavy atom. The van der Waals surface area contributed by atoms with Crippen molar-refractivity contribution in [3.05, 3.63) is 36.4 Å². The molecule has 0 fully saturated rings. The van der Waals surface area contributed by atoms with Crippen LogP contribution in [-0.4, -0.2) is 25.4 Å². The molecule has 0 saturated heterocycles. The Labute approximate surface area is 86.4 Å². The quantitative estimate of drug-likeness (QED) is 0.744. The van der Waals surface area contributed by atoms with Crippen molar-refractivity contribution in [2.24, 2.45) is 7.05 Å². The lowest BCUT2D eigenvalue weighted by atomic mass is 10.4. The van der Waals surface area contributed by atoms with Crippen LogP contribution >= 0.6 is 0 Å². The van der Waals surface area contributed by atoms with Gasteiger partial charge in [-0.1, -0.05) is 0 Å². The Kier molecular flexibility index (Phi) is 2.49. The number of H-pyrrole nitrogens is 1. The number of hydrogen-bond acceptors (Lipinski definition) is 3. The van der Waals surface area contributed by atoms with Crippen LogP contribution in [-0.2, 0) is 13.6 Å². The van der Waals surface area contributed by atoms with Crippen molar-refractivity contribution in [1.29, 1.82) is 0 Å². The van der Waals surface area contributed by atoms with Gasteiger partial charge in [0.05, 0.1) is 31.1 Å². The van der Waals surface area contributed by atoms with E-state index < -0.39 is 0 Å². The molecular formula is C9H11N5O. The summed E-state index contributed by atoms with van der Waals surface area (Å²) in [7, 11) is 1.78. The standard InChI is InChI=1S/C9H11N5O/c1-14-6-11-4-8(14)9(15)12-3-7-2-10-5-13-7/h2,4-6H,3H2,1H3,(H,10,13)(H,12,15). The molecule has 0 aromatic carbocycles. The lowest BCUT2D eigenvalue weighted by Gasteiger charge is -2.03. The number of imidazole rings is 2. The number of amides is 1. The largest absolute Gasteiger partial charge is 0.347 e. The summed E-state index contributed by atoms with van der Waals surface area (Å²) < 4.78 is 1.67. The molecule has 0 unspecified atom stereocenters. The maximum absolute atomic E-state index is 11.6. The van der Waals surface area contributed by atoms with Gasteiger partial charge in [-0.25, -0.2) is 9.97 Å². The van der Waals surface area contributed by atoms with Gasteiger partial charge < -0.3 is 14.9 Å². The summed E-state index contributed by atoms with van der Waals surface area (Å²) in [5, 5.41) is 2.76. The second-order valence-corrected chi connectivity index (χ2v) is 3.15. The molecule has 2 N–H and O–H groups in total. The Bertz CT molecular complexity index is 445. The third-order valence-electron chi connectivity index (χ3n) is 2.04. The van der Waals surface area contributed by atoms with Gasteiger partial charge in [0.1, 0.15) is 5.69 Å². The first-order valence-corrected chi connectivity index (χ1v) is 4.49. The highest BCUT2D eigenvalue weighted by atomic mass is 16.1. The average Bonchev–Trinajstić information content (AvgIpc) is 2.84. The molecule has 2 rings (SSSR count). The molecular weight excluding hydrogens is 194 g/mol. The van der Waals surface area contributed by atoms with Crippen molar-refractivity contribution in [2.75, 3.05) is 0 Å². The Morgan fingerprint density at radius 1 is 1.53 bits per heavy atom. The van der Waals surface area contributed by atoms with Gasteiger partial charge in [-0.3, -0.25) is 4.79 Å². The van der Waals surface area contributed by atoms with E-state index in [1.54, 1.807) is 30.5 Å². The van der Waals surface area contributed by atoms with Gasteiger partial charge in [0.25, 0.3) is 5.91 Å². The highest BCUT2D eigenvalue weighted by Gasteiger charge is 2.08. The fourth-order valence-electron chi connectivity index (χ4n) is 1.22. The van der Waals surface area contributed by atoms with Crippen molar-refractivity contribution < 1.29 is 4.79 Å². The number of aromatic amines is 1. The van der Waals surface area contributed by atoms with Crippen LogP contribution in [0, 0.1) is 0 Å². The van der Waals surface area contributed by atoms with Crippen LogP contribution in [0.2, 0.25) is 0 Å². The van der Waals surface area contributed by atoms with Gasteiger partial charge >= 0.3 is 0 Å². The van der Waals surface area contributed by atoms with Gasteiger partial charge in [-0.2, -0.15) is 0 Å². The van der Waals surface area contributed by atoms with Crippen LogP contribution in [0.15, 0.2) is 25.0 Å². The minimum Gasteiger partial charge on any atom is -0.347 e. The molecule has 1 amide bonds. The van der Waals surface area contributed by atoms with E-state index in [-0.39, 0.29) is 5.91 Å². The first-order chi connectivity index (χ1) is 7.27. The number of rotatable bonds is 3. The SMILES string of the molecule is Cn1cncc1C(=O)NCc1cnc[nH]1. The fraction of sp³-hybridized carbons (Fsp3) is 0.222. The predicted molar refractivity (Wildman–Crippen MR) is 53.0 cm³/mol. The van der Waals surface area contributed by atoms with Crippen LogP contribution < -0.4 is 5.32 Å². The molecule has 0 aliphatic heterocycles. The lowest BCUT2D eigenvalue weighted by Crippen LogP contribution is -2.24. The normalized spacial score (nSPS) is 10.2. The number of aryl methyl sites for hydroxylation is 1. The summed E-state index contributed by atoms with van der Waals surface area (Å²) in [6, 6.07) is 0. The summed E-state index contributed by atoms with van der Waals surface area (Å²) in [6.45, 7) is 0.435. The van der Waals surface area contributed by atoms with E-state index >= 15 is 0 Å². The maximum atomic E-state index is 11.6. The number of nitrogens with one attached hydrogen (secondary N) is 2. The molecule has 2 aromatic rings. The van der Waals surface area contributed by atoms with Crippen LogP contribution in [0.4, 0.5) is 0 Å². The third-order valence-corrected chi connectivity index (χ3v) is 2.04. The number of hydrogen-bond donors (Lipinski definition) is 2. The summed E-state index contributed by atoms with van der Waals surface area (Å²) in [4.78, 5) is 22.2. The van der Waals surface area contributed by atoms with Crippen LogP contribution in [0.3, 0.4) is 0 Å². The first-order valence-electron chi connectivity index (χ1n) is 4.49. The van der Waals surface area contributed by atoms with Gasteiger partial charge in [-0.15, -0.1) is 0 Å². The van der Waals surface area contributed by atoms with Crippen molar-refractivity contribution in [2.45, 2.75) is 6.54 Å². The van der Waals surface area contributed by atoms with Crippen molar-refractivity contribution >= 4 is 5.91 Å². The highest BCUT2D eigenvalue weighted by Crippen LogP contribution is 1.97. The molecule has 2 aromatic heterocycles. The third kappa shape index (κ3) is 2.04. The molecule has 0 spiro atoms. The molecule has 6 heteroatoms. The van der Waals surface area contributed by atoms with Crippen LogP contribution in [0.5, 0.6) is 0 Å². The minimum atomic E-state index is -0.149. The zero-order chi connectivity index (χ0) is 10.7. The molecule has 0 saturated carbocycles. The van der Waals surface area contributed by atoms with E-state index in [1.165, 1.54) is 6.20 Å². The molecule has 78 valence electrons. The minimum absolute atomic E-state index is 0.149. The van der Waals surface area contributed by atoms with E-state index in [9.17, 15) is 4.79 Å². The summed E-state index contributed by atoms with van der Waals surface area (Å²) in [6.07, 6.45) is 6.36. The molecule has 0 aliphatic carbocycles. The molecule has 6 nitrogen and oxygen atoms in total. The highest BCUT2D eigenvalue weighted by molar-refractivity contribution is 5.92. The van der Waals surface area contributed by atoms with E-state index in [4.69, 9.17) is 0 Å². The monoisotopic (exact) mass is 205 g/mol. The Morgan fingerprint density at radius 2 is 2.40 bits per heavy atom. The fourth-order valence-corrected chi connectivity index (χ4v) is 1.22. The second kappa shape index (κ2) is 3.95. The number of nitrogens with zero attached hydrogens (tertiary/aromatic N) is 3. The van der Waals surface area contributed by atoms with E-state index in [0.29, 0.717) is 12.2 Å². The summed E-state index contributed by atoms with van der Waals surface area (Å²) in [5.41, 5.74) is 1.40. The lowest BCUT2D eigenvalue weighted by molar-refractivity contribution is 0.0942. The average molecular weight is 205 g/mol. The Hall–Kier alpha value is -2.11. The van der Waals surface area contributed by atoms with Gasteiger partial charge in [-0.05, 0) is 0 Å².